The summed E-state index contributed by atoms with van der Waals surface area (Å²) in [7, 11) is 0. The van der Waals surface area contributed by atoms with E-state index in [0.717, 1.165) is 19.4 Å². The first-order valence-electron chi connectivity index (χ1n) is 7.44. The number of nitro benzene ring substituents is 1. The van der Waals surface area contributed by atoms with Gasteiger partial charge in [0.2, 0.25) is 0 Å². The average molecular weight is 342 g/mol. The lowest BCUT2D eigenvalue weighted by Gasteiger charge is -2.13. The molecule has 4 N–H and O–H groups in total. The summed E-state index contributed by atoms with van der Waals surface area (Å²) in [6.45, 7) is 3.62. The first-order valence-corrected chi connectivity index (χ1v) is 7.82. The summed E-state index contributed by atoms with van der Waals surface area (Å²) < 4.78 is 0. The Hall–Kier alpha value is -1.90. The normalized spacial score (nSPS) is 20.3. The number of anilines is 1. The number of nitrogens with zero attached hydrogens (tertiary/aromatic N) is 1. The molecular formula is C14H20ClN5O3. The van der Waals surface area contributed by atoms with Crippen LogP contribution in [0.25, 0.3) is 0 Å². The molecule has 2 atom stereocenters. The number of hydrazine groups is 1. The van der Waals surface area contributed by atoms with Crippen molar-refractivity contribution < 1.29 is 9.72 Å². The van der Waals surface area contributed by atoms with E-state index in [4.69, 9.17) is 11.6 Å². The molecule has 1 aliphatic heterocycles. The molecule has 0 radical (unpaired) electrons. The van der Waals surface area contributed by atoms with E-state index in [1.807, 2.05) is 0 Å². The van der Waals surface area contributed by atoms with Crippen LogP contribution < -0.4 is 21.5 Å². The minimum absolute atomic E-state index is 0.117. The lowest BCUT2D eigenvalue weighted by Crippen LogP contribution is -2.31. The fourth-order valence-corrected chi connectivity index (χ4v) is 2.67. The molecule has 1 saturated heterocycles. The highest BCUT2D eigenvalue weighted by Crippen LogP contribution is 2.26. The molecule has 23 heavy (non-hydrogen) atoms. The number of hydrogen-bond donors (Lipinski definition) is 4. The van der Waals surface area contributed by atoms with Gasteiger partial charge in [0.1, 0.15) is 0 Å². The lowest BCUT2D eigenvalue weighted by atomic mass is 9.98. The second-order valence-corrected chi connectivity index (χ2v) is 5.93. The lowest BCUT2D eigenvalue weighted by molar-refractivity contribution is -0.384. The number of non-ortho nitro benzene ring substituents is 1. The highest BCUT2D eigenvalue weighted by Gasteiger charge is 2.21. The summed E-state index contributed by atoms with van der Waals surface area (Å²) in [4.78, 5) is 21.9. The van der Waals surface area contributed by atoms with Crippen LogP contribution in [0.3, 0.4) is 0 Å². The molecule has 0 saturated carbocycles. The van der Waals surface area contributed by atoms with Crippen LogP contribution in [0, 0.1) is 16.0 Å². The molecule has 0 spiro atoms. The number of carbonyl (C=O) groups excluding carboxylic acids is 1. The fraction of sp³-hybridized carbons (Fsp3) is 0.500. The van der Waals surface area contributed by atoms with Crippen molar-refractivity contribution in [2.75, 3.05) is 18.4 Å². The van der Waals surface area contributed by atoms with E-state index in [0.29, 0.717) is 24.2 Å². The van der Waals surface area contributed by atoms with Crippen LogP contribution in [0.2, 0.25) is 5.02 Å². The van der Waals surface area contributed by atoms with Gasteiger partial charge in [-0.05, 0) is 31.7 Å². The Labute approximate surface area is 139 Å². The average Bonchev–Trinajstić information content (AvgIpc) is 2.91. The van der Waals surface area contributed by atoms with E-state index < -0.39 is 4.92 Å². The second-order valence-electron chi connectivity index (χ2n) is 5.52. The Balaban J connectivity index is 1.73. The summed E-state index contributed by atoms with van der Waals surface area (Å²) in [6.07, 6.45) is 1.89. The highest BCUT2D eigenvalue weighted by molar-refractivity contribution is 6.33. The molecule has 8 nitrogen and oxygen atoms in total. The van der Waals surface area contributed by atoms with Crippen LogP contribution >= 0.6 is 11.6 Å². The number of halogens is 1. The molecule has 2 amide bonds. The topological polar surface area (TPSA) is 108 Å². The maximum absolute atomic E-state index is 11.8. The van der Waals surface area contributed by atoms with Crippen LogP contribution in [0.4, 0.5) is 16.2 Å². The molecule has 126 valence electrons. The van der Waals surface area contributed by atoms with Crippen molar-refractivity contribution in [3.8, 4) is 0 Å². The second kappa shape index (κ2) is 8.09. The van der Waals surface area contributed by atoms with E-state index in [1.165, 1.54) is 18.2 Å². The zero-order valence-electron chi connectivity index (χ0n) is 12.8. The van der Waals surface area contributed by atoms with Crippen LogP contribution in [0.5, 0.6) is 0 Å². The molecule has 0 aromatic heterocycles. The van der Waals surface area contributed by atoms with Crippen LogP contribution in [0.1, 0.15) is 19.8 Å². The Morgan fingerprint density at radius 2 is 2.30 bits per heavy atom. The quantitative estimate of drug-likeness (QED) is 0.360. The third kappa shape index (κ3) is 5.05. The largest absolute Gasteiger partial charge is 0.338 e. The van der Waals surface area contributed by atoms with Gasteiger partial charge >= 0.3 is 6.03 Å². The summed E-state index contributed by atoms with van der Waals surface area (Å²) in [5.41, 5.74) is 6.49. The molecule has 0 bridgehead atoms. The van der Waals surface area contributed by atoms with Crippen molar-refractivity contribution in [3.05, 3.63) is 33.3 Å². The van der Waals surface area contributed by atoms with E-state index in [2.05, 4.69) is 28.4 Å². The van der Waals surface area contributed by atoms with Crippen molar-refractivity contribution in [2.45, 2.75) is 25.8 Å². The number of benzene rings is 1. The van der Waals surface area contributed by atoms with E-state index >= 15 is 0 Å². The molecule has 9 heteroatoms. The number of carbonyl (C=O) groups is 1. The van der Waals surface area contributed by atoms with Gasteiger partial charge in [-0.15, -0.1) is 0 Å². The Morgan fingerprint density at radius 1 is 1.52 bits per heavy atom. The molecule has 2 rings (SSSR count). The molecule has 2 unspecified atom stereocenters. The van der Waals surface area contributed by atoms with E-state index in [-0.39, 0.29) is 16.7 Å². The van der Waals surface area contributed by atoms with Gasteiger partial charge in [0.05, 0.1) is 15.6 Å². The number of rotatable bonds is 6. The van der Waals surface area contributed by atoms with Crippen molar-refractivity contribution in [3.63, 3.8) is 0 Å². The van der Waals surface area contributed by atoms with Gasteiger partial charge < -0.3 is 10.6 Å². The number of nitro groups is 1. The van der Waals surface area contributed by atoms with Crippen molar-refractivity contribution in [2.24, 2.45) is 5.92 Å². The monoisotopic (exact) mass is 341 g/mol. The van der Waals surface area contributed by atoms with Gasteiger partial charge in [-0.25, -0.2) is 4.79 Å². The summed E-state index contributed by atoms with van der Waals surface area (Å²) in [5, 5.41) is 16.1. The predicted molar refractivity (Wildman–Crippen MR) is 88.5 cm³/mol. The molecule has 1 aromatic carbocycles. The first-order chi connectivity index (χ1) is 11.0. The SMILES string of the molecule is CC1NNCC1CCCNC(=O)Nc1ccc([N+](=O)[O-])cc1Cl. The van der Waals surface area contributed by atoms with Gasteiger partial charge in [-0.1, -0.05) is 11.6 Å². The van der Waals surface area contributed by atoms with E-state index in [9.17, 15) is 14.9 Å². The molecule has 1 aromatic rings. The summed E-state index contributed by atoms with van der Waals surface area (Å²) in [5.74, 6) is 0.559. The maximum atomic E-state index is 11.8. The van der Waals surface area contributed by atoms with Crippen molar-refractivity contribution in [1.82, 2.24) is 16.2 Å². The third-order valence-electron chi connectivity index (χ3n) is 3.85. The molecule has 1 fully saturated rings. The number of amides is 2. The number of hydrogen-bond acceptors (Lipinski definition) is 5. The van der Waals surface area contributed by atoms with Crippen molar-refractivity contribution in [1.29, 1.82) is 0 Å². The van der Waals surface area contributed by atoms with Gasteiger partial charge in [-0.2, -0.15) is 0 Å². The van der Waals surface area contributed by atoms with Crippen LogP contribution in [-0.2, 0) is 0 Å². The summed E-state index contributed by atoms with van der Waals surface area (Å²) >= 11 is 5.92. The molecular weight excluding hydrogens is 322 g/mol. The molecule has 1 heterocycles. The summed E-state index contributed by atoms with van der Waals surface area (Å²) in [6, 6.07) is 3.97. The van der Waals surface area contributed by atoms with E-state index in [1.54, 1.807) is 0 Å². The predicted octanol–water partition coefficient (Wildman–Crippen LogP) is 2.26. The minimum Gasteiger partial charge on any atom is -0.338 e. The van der Waals surface area contributed by atoms with Gasteiger partial charge in [0.15, 0.2) is 0 Å². The Morgan fingerprint density at radius 3 is 2.91 bits per heavy atom. The minimum atomic E-state index is -0.538. The van der Waals surface area contributed by atoms with Crippen LogP contribution in [-0.4, -0.2) is 30.1 Å². The number of nitrogens with one attached hydrogen (secondary N) is 4. The molecule has 0 aliphatic carbocycles. The van der Waals surface area contributed by atoms with Gasteiger partial charge in [-0.3, -0.25) is 21.0 Å². The maximum Gasteiger partial charge on any atom is 0.319 e. The first kappa shape index (κ1) is 17.5. The Kier molecular flexibility index (Phi) is 6.14. The van der Waals surface area contributed by atoms with Crippen LogP contribution in [0.15, 0.2) is 18.2 Å². The smallest absolute Gasteiger partial charge is 0.319 e. The Bertz CT molecular complexity index is 584. The van der Waals surface area contributed by atoms with Gasteiger partial charge in [0, 0.05) is 31.3 Å². The van der Waals surface area contributed by atoms with Crippen molar-refractivity contribution >= 4 is 29.0 Å². The molecule has 1 aliphatic rings. The fourth-order valence-electron chi connectivity index (χ4n) is 2.45. The van der Waals surface area contributed by atoms with Gasteiger partial charge in [0.25, 0.3) is 5.69 Å². The standard InChI is InChI=1S/C14H20ClN5O3/c1-9-10(8-17-19-9)3-2-6-16-14(21)18-13-5-4-11(20(22)23)7-12(13)15/h4-5,7,9-10,17,19H,2-3,6,8H2,1H3,(H2,16,18,21). The third-order valence-corrected chi connectivity index (χ3v) is 4.16. The zero-order valence-corrected chi connectivity index (χ0v) is 13.5. The zero-order chi connectivity index (χ0) is 16.8. The highest BCUT2D eigenvalue weighted by atomic mass is 35.5. The number of urea groups is 1.